The molecule has 6 heteroatoms. The van der Waals surface area contributed by atoms with Gasteiger partial charge in [0, 0.05) is 31.6 Å². The minimum Gasteiger partial charge on any atom is -0.338 e. The summed E-state index contributed by atoms with van der Waals surface area (Å²) >= 11 is 0. The zero-order valence-corrected chi connectivity index (χ0v) is 16.2. The molecule has 0 radical (unpaired) electrons. The highest BCUT2D eigenvalue weighted by Gasteiger charge is 2.12. The van der Waals surface area contributed by atoms with Crippen LogP contribution >= 0.6 is 0 Å². The summed E-state index contributed by atoms with van der Waals surface area (Å²) < 4.78 is 2.02. The summed E-state index contributed by atoms with van der Waals surface area (Å²) in [4.78, 5) is 12.0. The average molecular weight is 358 g/mol. The minimum absolute atomic E-state index is 0.0696. The van der Waals surface area contributed by atoms with E-state index in [0.717, 1.165) is 55.7 Å². The topological polar surface area (TPSA) is 71.8 Å². The highest BCUT2D eigenvalue weighted by Crippen LogP contribution is 2.16. The molecule has 2 N–H and O–H groups in total. The van der Waals surface area contributed by atoms with E-state index in [-0.39, 0.29) is 12.1 Å². The Morgan fingerprint density at radius 1 is 1.12 bits per heavy atom. The van der Waals surface area contributed by atoms with Crippen LogP contribution in [0.1, 0.15) is 51.8 Å². The van der Waals surface area contributed by atoms with Gasteiger partial charge in [-0.1, -0.05) is 57.0 Å². The third kappa shape index (κ3) is 5.86. The van der Waals surface area contributed by atoms with Gasteiger partial charge in [-0.3, -0.25) is 0 Å². The minimum atomic E-state index is -0.0696. The van der Waals surface area contributed by atoms with E-state index in [1.54, 1.807) is 0 Å². The fourth-order valence-corrected chi connectivity index (χ4v) is 3.09. The van der Waals surface area contributed by atoms with E-state index in [1.165, 1.54) is 0 Å². The molecule has 0 fully saturated rings. The van der Waals surface area contributed by atoms with Crippen molar-refractivity contribution in [3.8, 4) is 11.4 Å². The zero-order valence-electron chi connectivity index (χ0n) is 16.2. The van der Waals surface area contributed by atoms with Gasteiger partial charge in [0.15, 0.2) is 5.82 Å². The van der Waals surface area contributed by atoms with Gasteiger partial charge in [0.1, 0.15) is 5.82 Å². The second kappa shape index (κ2) is 10.6. The van der Waals surface area contributed by atoms with Gasteiger partial charge in [0.2, 0.25) is 0 Å². The molecular weight excluding hydrogens is 326 g/mol. The van der Waals surface area contributed by atoms with Crippen LogP contribution in [-0.2, 0) is 13.5 Å². The van der Waals surface area contributed by atoms with Crippen LogP contribution in [0.4, 0.5) is 4.79 Å². The van der Waals surface area contributed by atoms with Gasteiger partial charge in [-0.15, -0.1) is 10.2 Å². The lowest BCUT2D eigenvalue weighted by Crippen LogP contribution is -2.42. The van der Waals surface area contributed by atoms with Crippen LogP contribution in [0.25, 0.3) is 11.4 Å². The molecule has 142 valence electrons. The predicted molar refractivity (Wildman–Crippen MR) is 105 cm³/mol. The van der Waals surface area contributed by atoms with Gasteiger partial charge >= 0.3 is 6.03 Å². The fourth-order valence-electron chi connectivity index (χ4n) is 3.09. The molecule has 0 bridgehead atoms. The third-order valence-corrected chi connectivity index (χ3v) is 4.47. The number of hydrogen-bond donors (Lipinski definition) is 2. The Hall–Kier alpha value is -2.37. The largest absolute Gasteiger partial charge is 0.338 e. The highest BCUT2D eigenvalue weighted by molar-refractivity contribution is 5.74. The number of carbonyl (C=O) groups is 1. The molecule has 0 aliphatic rings. The number of rotatable bonds is 10. The molecule has 1 aromatic carbocycles. The van der Waals surface area contributed by atoms with Gasteiger partial charge in [-0.2, -0.15) is 0 Å². The molecule has 0 spiro atoms. The average Bonchev–Trinajstić information content (AvgIpc) is 3.00. The van der Waals surface area contributed by atoms with E-state index in [0.29, 0.717) is 6.54 Å². The van der Waals surface area contributed by atoms with Crippen LogP contribution in [0.5, 0.6) is 0 Å². The van der Waals surface area contributed by atoms with Gasteiger partial charge in [0.05, 0.1) is 0 Å². The van der Waals surface area contributed by atoms with Crippen molar-refractivity contribution in [3.05, 3.63) is 36.2 Å². The Kier molecular flexibility index (Phi) is 8.12. The smallest absolute Gasteiger partial charge is 0.315 e. The third-order valence-electron chi connectivity index (χ3n) is 4.47. The van der Waals surface area contributed by atoms with Crippen molar-refractivity contribution >= 4 is 6.03 Å². The molecule has 2 aromatic rings. The Balaban J connectivity index is 1.76. The number of aromatic nitrogens is 3. The molecule has 6 nitrogen and oxygen atoms in total. The SMILES string of the molecule is CCCC(CCC)NC(=O)NCCCc1nnc(-c2ccccc2)n1C. The molecule has 0 atom stereocenters. The molecule has 0 aliphatic carbocycles. The monoisotopic (exact) mass is 357 g/mol. The number of amides is 2. The van der Waals surface area contributed by atoms with E-state index in [2.05, 4.69) is 34.7 Å². The Bertz CT molecular complexity index is 662. The molecule has 0 saturated heterocycles. The number of nitrogens with zero attached hydrogens (tertiary/aromatic N) is 3. The number of benzene rings is 1. The summed E-state index contributed by atoms with van der Waals surface area (Å²) in [6.07, 6.45) is 5.84. The lowest BCUT2D eigenvalue weighted by atomic mass is 10.1. The number of aryl methyl sites for hydroxylation is 1. The summed E-state index contributed by atoms with van der Waals surface area (Å²) in [6, 6.07) is 10.2. The molecule has 2 amide bonds. The van der Waals surface area contributed by atoms with Crippen molar-refractivity contribution in [2.75, 3.05) is 6.54 Å². The zero-order chi connectivity index (χ0) is 18.8. The van der Waals surface area contributed by atoms with Crippen molar-refractivity contribution < 1.29 is 4.79 Å². The van der Waals surface area contributed by atoms with E-state index >= 15 is 0 Å². The predicted octanol–water partition coefficient (Wildman–Crippen LogP) is 3.68. The van der Waals surface area contributed by atoms with Gasteiger partial charge in [0.25, 0.3) is 0 Å². The molecule has 1 heterocycles. The van der Waals surface area contributed by atoms with Gasteiger partial charge in [-0.05, 0) is 19.3 Å². The first-order valence-electron chi connectivity index (χ1n) is 9.63. The standard InChI is InChI=1S/C20H31N5O/c1-4-10-17(11-5-2)22-20(26)21-15-9-14-18-23-24-19(25(18)3)16-12-7-6-8-13-16/h6-8,12-13,17H,4-5,9-11,14-15H2,1-3H3,(H2,21,22,26). The number of urea groups is 1. The van der Waals surface area contributed by atoms with Crippen molar-refractivity contribution in [1.29, 1.82) is 0 Å². The van der Waals surface area contributed by atoms with Crippen molar-refractivity contribution in [2.45, 2.75) is 58.4 Å². The molecular formula is C20H31N5O. The first-order valence-corrected chi connectivity index (χ1v) is 9.63. The maximum atomic E-state index is 12.0. The summed E-state index contributed by atoms with van der Waals surface area (Å²) in [5, 5.41) is 14.6. The van der Waals surface area contributed by atoms with Crippen LogP contribution in [0.3, 0.4) is 0 Å². The van der Waals surface area contributed by atoms with E-state index < -0.39 is 0 Å². The van der Waals surface area contributed by atoms with Crippen LogP contribution in [-0.4, -0.2) is 33.4 Å². The van der Waals surface area contributed by atoms with E-state index in [9.17, 15) is 4.79 Å². The molecule has 1 aromatic heterocycles. The number of carbonyl (C=O) groups excluding carboxylic acids is 1. The number of hydrogen-bond acceptors (Lipinski definition) is 3. The maximum Gasteiger partial charge on any atom is 0.315 e. The number of nitrogens with one attached hydrogen (secondary N) is 2. The fraction of sp³-hybridized carbons (Fsp3) is 0.550. The van der Waals surface area contributed by atoms with Crippen LogP contribution < -0.4 is 10.6 Å². The Labute approximate surface area is 156 Å². The molecule has 0 aliphatic heterocycles. The van der Waals surface area contributed by atoms with Crippen molar-refractivity contribution in [3.63, 3.8) is 0 Å². The first-order chi connectivity index (χ1) is 12.7. The molecule has 2 rings (SSSR count). The summed E-state index contributed by atoms with van der Waals surface area (Å²) in [7, 11) is 1.98. The van der Waals surface area contributed by atoms with Crippen LogP contribution in [0, 0.1) is 0 Å². The lowest BCUT2D eigenvalue weighted by molar-refractivity contribution is 0.235. The maximum absolute atomic E-state index is 12.0. The van der Waals surface area contributed by atoms with E-state index in [1.807, 2.05) is 41.9 Å². The summed E-state index contributed by atoms with van der Waals surface area (Å²) in [5.41, 5.74) is 1.06. The lowest BCUT2D eigenvalue weighted by Gasteiger charge is -2.17. The van der Waals surface area contributed by atoms with Gasteiger partial charge < -0.3 is 15.2 Å². The van der Waals surface area contributed by atoms with Crippen LogP contribution in [0.15, 0.2) is 30.3 Å². The normalized spacial score (nSPS) is 10.9. The first kappa shape index (κ1) is 19.9. The van der Waals surface area contributed by atoms with Crippen molar-refractivity contribution in [1.82, 2.24) is 25.4 Å². The molecule has 0 unspecified atom stereocenters. The quantitative estimate of drug-likeness (QED) is 0.637. The van der Waals surface area contributed by atoms with E-state index in [4.69, 9.17) is 0 Å². The highest BCUT2D eigenvalue weighted by atomic mass is 16.2. The second-order valence-corrected chi connectivity index (χ2v) is 6.64. The summed E-state index contributed by atoms with van der Waals surface area (Å²) in [6.45, 7) is 4.92. The van der Waals surface area contributed by atoms with Crippen molar-refractivity contribution in [2.24, 2.45) is 7.05 Å². The summed E-state index contributed by atoms with van der Waals surface area (Å²) in [5.74, 6) is 1.80. The Morgan fingerprint density at radius 3 is 2.46 bits per heavy atom. The second-order valence-electron chi connectivity index (χ2n) is 6.64. The van der Waals surface area contributed by atoms with Crippen LogP contribution in [0.2, 0.25) is 0 Å². The van der Waals surface area contributed by atoms with Gasteiger partial charge in [-0.25, -0.2) is 4.79 Å². The molecule has 26 heavy (non-hydrogen) atoms. The Morgan fingerprint density at radius 2 is 1.81 bits per heavy atom. The molecule has 0 saturated carbocycles.